The molecule has 9 heteroatoms. The number of ether oxygens (including phenoxy) is 2. The van der Waals surface area contributed by atoms with E-state index in [1.54, 1.807) is 0 Å². The maximum Gasteiger partial charge on any atom is 0.469 e. The van der Waals surface area contributed by atoms with Gasteiger partial charge in [0.15, 0.2) is 6.10 Å². The molecule has 0 amide bonds. The highest BCUT2D eigenvalue weighted by molar-refractivity contribution is 7.46. The summed E-state index contributed by atoms with van der Waals surface area (Å²) in [5.41, 5.74) is 0. The van der Waals surface area contributed by atoms with Crippen molar-refractivity contribution in [1.29, 1.82) is 0 Å². The van der Waals surface area contributed by atoms with Gasteiger partial charge in [0.25, 0.3) is 0 Å². The first-order chi connectivity index (χ1) is 21.3. The molecule has 0 saturated carbocycles. The Kier molecular flexibility index (Phi) is 29.6. The predicted molar refractivity (Wildman–Crippen MR) is 179 cm³/mol. The van der Waals surface area contributed by atoms with Gasteiger partial charge in [-0.2, -0.15) is 0 Å². The minimum Gasteiger partial charge on any atom is -0.462 e. The van der Waals surface area contributed by atoms with Gasteiger partial charge in [-0.3, -0.25) is 14.1 Å². The van der Waals surface area contributed by atoms with Crippen molar-refractivity contribution in [3.05, 3.63) is 48.6 Å². The number of hydrogen-bond donors (Lipinski definition) is 2. The monoisotopic (exact) mass is 640 g/mol. The van der Waals surface area contributed by atoms with Gasteiger partial charge in [0.2, 0.25) is 0 Å². The number of hydrogen-bond acceptors (Lipinski definition) is 6. The lowest BCUT2D eigenvalue weighted by atomic mass is 10.1. The molecule has 0 aromatic carbocycles. The Hall–Kier alpha value is -1.99. The second-order valence-electron chi connectivity index (χ2n) is 11.1. The standard InChI is InChI=1S/C35H61O8P/c1-3-5-7-9-11-13-15-16-17-18-20-22-24-26-28-30-35(37)43-33(32-42-44(38,39)40)31-41-34(36)29-27-25-23-21-19-14-12-10-8-6-4-2/h5,7,10-13,16-17,33H,3-4,6,8-9,14-15,18-32H2,1-2H3,(H2,38,39,40)/b7-5+,12-10+,13-11+,17-16+/t33-/m1/s1. The first-order valence-corrected chi connectivity index (χ1v) is 18.5. The van der Waals surface area contributed by atoms with Crippen LogP contribution in [0.15, 0.2) is 48.6 Å². The molecule has 0 aliphatic rings. The molecule has 0 aromatic heterocycles. The largest absolute Gasteiger partial charge is 0.469 e. The molecule has 2 N–H and O–H groups in total. The molecular formula is C35H61O8P. The van der Waals surface area contributed by atoms with Crippen molar-refractivity contribution in [2.45, 2.75) is 148 Å². The lowest BCUT2D eigenvalue weighted by molar-refractivity contribution is -0.161. The van der Waals surface area contributed by atoms with Gasteiger partial charge < -0.3 is 19.3 Å². The van der Waals surface area contributed by atoms with Crippen LogP contribution >= 0.6 is 7.82 Å². The van der Waals surface area contributed by atoms with Gasteiger partial charge in [0, 0.05) is 12.8 Å². The summed E-state index contributed by atoms with van der Waals surface area (Å²) in [6, 6.07) is 0. The van der Waals surface area contributed by atoms with Crippen molar-refractivity contribution in [1.82, 2.24) is 0 Å². The fraction of sp³-hybridized carbons (Fsp3) is 0.714. The molecule has 44 heavy (non-hydrogen) atoms. The van der Waals surface area contributed by atoms with Crippen LogP contribution in [0.2, 0.25) is 0 Å². The Morgan fingerprint density at radius 1 is 0.614 bits per heavy atom. The molecule has 0 fully saturated rings. The van der Waals surface area contributed by atoms with E-state index in [2.05, 4.69) is 67.0 Å². The summed E-state index contributed by atoms with van der Waals surface area (Å²) >= 11 is 0. The van der Waals surface area contributed by atoms with Crippen LogP contribution in [-0.4, -0.2) is 41.0 Å². The lowest BCUT2D eigenvalue weighted by Crippen LogP contribution is -2.29. The first kappa shape index (κ1) is 42.0. The smallest absolute Gasteiger partial charge is 0.462 e. The highest BCUT2D eigenvalue weighted by atomic mass is 31.2. The SMILES string of the molecule is CC/C=C/C/C=C/C/C=C/CCCCCCCC(=O)O[C@H](COC(=O)CCCCCCC/C=C/CCCC)COP(=O)(O)O. The molecule has 0 heterocycles. The van der Waals surface area contributed by atoms with Crippen LogP contribution in [0.1, 0.15) is 142 Å². The van der Waals surface area contributed by atoms with E-state index in [-0.39, 0.29) is 19.4 Å². The Labute approximate surface area is 267 Å². The van der Waals surface area contributed by atoms with Gasteiger partial charge in [-0.05, 0) is 64.2 Å². The number of rotatable bonds is 30. The van der Waals surface area contributed by atoms with Gasteiger partial charge in [-0.1, -0.05) is 114 Å². The van der Waals surface area contributed by atoms with Gasteiger partial charge in [0.05, 0.1) is 6.61 Å². The lowest BCUT2D eigenvalue weighted by Gasteiger charge is -2.18. The van der Waals surface area contributed by atoms with Crippen LogP contribution in [-0.2, 0) is 28.2 Å². The molecule has 0 rings (SSSR count). The summed E-state index contributed by atoms with van der Waals surface area (Å²) in [5, 5.41) is 0. The van der Waals surface area contributed by atoms with E-state index in [4.69, 9.17) is 19.3 Å². The first-order valence-electron chi connectivity index (χ1n) is 16.9. The quantitative estimate of drug-likeness (QED) is 0.0345. The number of carbonyl (C=O) groups is 2. The van der Waals surface area contributed by atoms with Gasteiger partial charge in [0.1, 0.15) is 6.61 Å². The van der Waals surface area contributed by atoms with Crippen LogP contribution in [0.4, 0.5) is 0 Å². The maximum absolute atomic E-state index is 12.3. The van der Waals surface area contributed by atoms with E-state index >= 15 is 0 Å². The van der Waals surface area contributed by atoms with Crippen molar-refractivity contribution in [2.24, 2.45) is 0 Å². The van der Waals surface area contributed by atoms with Crippen LogP contribution in [0, 0.1) is 0 Å². The molecule has 0 spiro atoms. The van der Waals surface area contributed by atoms with Crippen molar-refractivity contribution >= 4 is 19.8 Å². The van der Waals surface area contributed by atoms with Crippen molar-refractivity contribution < 1.29 is 37.9 Å². The number of phosphoric ester groups is 1. The molecule has 0 aromatic rings. The molecule has 0 unspecified atom stereocenters. The van der Waals surface area contributed by atoms with E-state index in [1.807, 2.05) is 0 Å². The van der Waals surface area contributed by atoms with Crippen molar-refractivity contribution in [2.75, 3.05) is 13.2 Å². The zero-order chi connectivity index (χ0) is 32.6. The molecule has 0 radical (unpaired) electrons. The fourth-order valence-corrected chi connectivity index (χ4v) is 4.67. The molecular weight excluding hydrogens is 579 g/mol. The highest BCUT2D eigenvalue weighted by Crippen LogP contribution is 2.35. The van der Waals surface area contributed by atoms with E-state index in [1.165, 1.54) is 12.8 Å². The highest BCUT2D eigenvalue weighted by Gasteiger charge is 2.22. The third-order valence-corrected chi connectivity index (χ3v) is 7.32. The third-order valence-electron chi connectivity index (χ3n) is 6.83. The Balaban J connectivity index is 4.07. The van der Waals surface area contributed by atoms with Gasteiger partial charge in [-0.25, -0.2) is 4.57 Å². The molecule has 0 aliphatic carbocycles. The number of allylic oxidation sites excluding steroid dienone is 8. The molecule has 8 nitrogen and oxygen atoms in total. The number of esters is 2. The Morgan fingerprint density at radius 3 is 1.66 bits per heavy atom. The van der Waals surface area contributed by atoms with Crippen molar-refractivity contribution in [3.8, 4) is 0 Å². The number of unbranched alkanes of at least 4 members (excludes halogenated alkanes) is 12. The van der Waals surface area contributed by atoms with Crippen LogP contribution < -0.4 is 0 Å². The second kappa shape index (κ2) is 31.0. The fourth-order valence-electron chi connectivity index (χ4n) is 4.31. The minimum absolute atomic E-state index is 0.189. The summed E-state index contributed by atoms with van der Waals surface area (Å²) in [4.78, 5) is 42.5. The summed E-state index contributed by atoms with van der Waals surface area (Å²) in [6.45, 7) is 3.48. The zero-order valence-corrected chi connectivity index (χ0v) is 28.4. The van der Waals surface area contributed by atoms with Crippen LogP contribution in [0.5, 0.6) is 0 Å². The normalized spacial score (nSPS) is 13.1. The van der Waals surface area contributed by atoms with E-state index in [0.717, 1.165) is 89.9 Å². The van der Waals surface area contributed by atoms with Gasteiger partial charge >= 0.3 is 19.8 Å². The molecule has 1 atom stereocenters. The van der Waals surface area contributed by atoms with Crippen LogP contribution in [0.3, 0.4) is 0 Å². The van der Waals surface area contributed by atoms with E-state index < -0.39 is 32.5 Å². The number of phosphoric acid groups is 1. The second-order valence-corrected chi connectivity index (χ2v) is 12.3. The molecule has 0 aliphatic heterocycles. The topological polar surface area (TPSA) is 119 Å². The maximum atomic E-state index is 12.3. The summed E-state index contributed by atoms with van der Waals surface area (Å²) in [6.07, 6.45) is 35.5. The third kappa shape index (κ3) is 32.9. The average molecular weight is 641 g/mol. The van der Waals surface area contributed by atoms with Gasteiger partial charge in [-0.15, -0.1) is 0 Å². The molecule has 0 saturated heterocycles. The zero-order valence-electron chi connectivity index (χ0n) is 27.5. The summed E-state index contributed by atoms with van der Waals surface area (Å²) < 4.78 is 26.2. The summed E-state index contributed by atoms with van der Waals surface area (Å²) in [5.74, 6) is -0.922. The molecule has 254 valence electrons. The molecule has 0 bridgehead atoms. The predicted octanol–water partition coefficient (Wildman–Crippen LogP) is 9.62. The van der Waals surface area contributed by atoms with E-state index in [9.17, 15) is 14.2 Å². The average Bonchev–Trinajstić information content (AvgIpc) is 2.98. The van der Waals surface area contributed by atoms with Crippen molar-refractivity contribution in [3.63, 3.8) is 0 Å². The summed E-state index contributed by atoms with van der Waals surface area (Å²) in [7, 11) is -4.75. The Morgan fingerprint density at radius 2 is 1.09 bits per heavy atom. The Bertz CT molecular complexity index is 859. The number of carbonyl (C=O) groups excluding carboxylic acids is 2. The van der Waals surface area contributed by atoms with Crippen LogP contribution in [0.25, 0.3) is 0 Å². The van der Waals surface area contributed by atoms with E-state index in [0.29, 0.717) is 12.8 Å². The minimum atomic E-state index is -4.75.